The van der Waals surface area contributed by atoms with Gasteiger partial charge in [0.25, 0.3) is 0 Å². The maximum atomic E-state index is 10.5. The van der Waals surface area contributed by atoms with Crippen LogP contribution in [0.15, 0.2) is 18.5 Å². The molecule has 0 bridgehead atoms. The lowest BCUT2D eigenvalue weighted by molar-refractivity contribution is 0.105. The number of nitrogens with zero attached hydrogens (tertiary/aromatic N) is 1. The van der Waals surface area contributed by atoms with Crippen molar-refractivity contribution >= 4 is 0 Å². The topological polar surface area (TPSA) is 33.1 Å². The summed E-state index contributed by atoms with van der Waals surface area (Å²) in [5.41, 5.74) is 1.66. The molecule has 0 radical (unpaired) electrons. The Morgan fingerprint density at radius 1 is 1.36 bits per heavy atom. The first-order chi connectivity index (χ1) is 6.73. The fourth-order valence-corrected chi connectivity index (χ4v) is 3.12. The summed E-state index contributed by atoms with van der Waals surface area (Å²) in [7, 11) is 0. The molecule has 2 aliphatic carbocycles. The minimum atomic E-state index is -0.517. The second-order valence-electron chi connectivity index (χ2n) is 4.72. The fraction of sp³-hybridized carbons (Fsp3) is 0.583. The van der Waals surface area contributed by atoms with E-state index in [4.69, 9.17) is 0 Å². The molecular formula is C12H15NO. The lowest BCUT2D eigenvalue weighted by Crippen LogP contribution is -2.13. The molecule has 74 valence electrons. The molecule has 2 nitrogen and oxygen atoms in total. The Hall–Kier alpha value is -0.890. The van der Waals surface area contributed by atoms with E-state index in [0.717, 1.165) is 11.1 Å². The van der Waals surface area contributed by atoms with Crippen molar-refractivity contribution < 1.29 is 5.11 Å². The summed E-state index contributed by atoms with van der Waals surface area (Å²) in [5, 5.41) is 10.5. The molecule has 2 unspecified atom stereocenters. The maximum absolute atomic E-state index is 10.5. The number of hydrogen-bond donors (Lipinski definition) is 1. The Bertz CT molecular complexity index is 364. The van der Waals surface area contributed by atoms with Crippen molar-refractivity contribution in [3.63, 3.8) is 0 Å². The molecule has 1 heterocycles. The van der Waals surface area contributed by atoms with Crippen LogP contribution in [0.5, 0.6) is 0 Å². The van der Waals surface area contributed by atoms with Gasteiger partial charge in [-0.05, 0) is 37.2 Å². The van der Waals surface area contributed by atoms with Crippen LogP contribution in [0.3, 0.4) is 0 Å². The van der Waals surface area contributed by atoms with Gasteiger partial charge in [0.15, 0.2) is 0 Å². The van der Waals surface area contributed by atoms with Gasteiger partial charge in [0.2, 0.25) is 0 Å². The molecule has 0 amide bonds. The molecule has 2 saturated carbocycles. The van der Waals surface area contributed by atoms with Crippen molar-refractivity contribution in [3.8, 4) is 0 Å². The first-order valence-electron chi connectivity index (χ1n) is 5.37. The van der Waals surface area contributed by atoms with Gasteiger partial charge in [-0.25, -0.2) is 0 Å². The normalized spacial score (nSPS) is 39.6. The minimum absolute atomic E-state index is 0.517. The number of rotatable bonds is 1. The third-order valence-electron chi connectivity index (χ3n) is 3.87. The Labute approximate surface area is 84.0 Å². The van der Waals surface area contributed by atoms with Gasteiger partial charge in [0, 0.05) is 18.0 Å². The number of fused-ring (bicyclic) bond motifs is 1. The van der Waals surface area contributed by atoms with Crippen molar-refractivity contribution in [3.05, 3.63) is 29.6 Å². The van der Waals surface area contributed by atoms with E-state index in [1.165, 1.54) is 19.3 Å². The van der Waals surface area contributed by atoms with Crippen LogP contribution < -0.4 is 0 Å². The third kappa shape index (κ3) is 0.921. The second-order valence-corrected chi connectivity index (χ2v) is 4.72. The number of aryl methyl sites for hydroxylation is 1. The average molecular weight is 189 g/mol. The molecule has 0 saturated heterocycles. The van der Waals surface area contributed by atoms with Gasteiger partial charge in [0.1, 0.15) is 0 Å². The quantitative estimate of drug-likeness (QED) is 0.733. The minimum Gasteiger partial charge on any atom is -0.385 e. The van der Waals surface area contributed by atoms with E-state index in [1.54, 1.807) is 0 Å². The molecular weight excluding hydrogens is 174 g/mol. The zero-order chi connectivity index (χ0) is 9.76. The van der Waals surface area contributed by atoms with Crippen molar-refractivity contribution in [2.45, 2.75) is 31.8 Å². The summed E-state index contributed by atoms with van der Waals surface area (Å²) in [6.45, 7) is 2.03. The van der Waals surface area contributed by atoms with Crippen molar-refractivity contribution in [1.82, 2.24) is 4.98 Å². The summed E-state index contributed by atoms with van der Waals surface area (Å²) in [6, 6.07) is 2.07. The van der Waals surface area contributed by atoms with Gasteiger partial charge in [-0.2, -0.15) is 0 Å². The first-order valence-corrected chi connectivity index (χ1v) is 5.37. The van der Waals surface area contributed by atoms with Crippen LogP contribution in [0, 0.1) is 18.8 Å². The monoisotopic (exact) mass is 189 g/mol. The summed E-state index contributed by atoms with van der Waals surface area (Å²) < 4.78 is 0. The molecule has 1 N–H and O–H groups in total. The molecule has 2 heteroatoms. The van der Waals surface area contributed by atoms with Gasteiger partial charge < -0.3 is 5.11 Å². The Morgan fingerprint density at radius 2 is 2.07 bits per heavy atom. The van der Waals surface area contributed by atoms with Crippen LogP contribution >= 0.6 is 0 Å². The molecule has 2 fully saturated rings. The van der Waals surface area contributed by atoms with Crippen LogP contribution in [-0.2, 0) is 5.60 Å². The number of hydrogen-bond acceptors (Lipinski definition) is 2. The zero-order valence-electron chi connectivity index (χ0n) is 8.40. The van der Waals surface area contributed by atoms with E-state index >= 15 is 0 Å². The molecule has 0 aromatic carbocycles. The standard InChI is InChI=1S/C12H15NO/c1-8-5-9(7-13-6-8)12(14)10-3-2-4-11(10)12/h5-7,10-11,14H,2-4H2,1H3. The summed E-state index contributed by atoms with van der Waals surface area (Å²) in [6.07, 6.45) is 7.33. The molecule has 0 spiro atoms. The van der Waals surface area contributed by atoms with Gasteiger partial charge in [-0.3, -0.25) is 4.98 Å². The number of aromatic nitrogens is 1. The Kier molecular flexibility index (Phi) is 1.55. The molecule has 1 aromatic rings. The lowest BCUT2D eigenvalue weighted by Gasteiger charge is -2.14. The molecule has 1 aromatic heterocycles. The second kappa shape index (κ2) is 2.57. The van der Waals surface area contributed by atoms with Gasteiger partial charge in [0.05, 0.1) is 5.60 Å². The van der Waals surface area contributed by atoms with E-state index in [-0.39, 0.29) is 0 Å². The zero-order valence-corrected chi connectivity index (χ0v) is 8.40. The average Bonchev–Trinajstić information content (AvgIpc) is 2.62. The molecule has 0 aliphatic heterocycles. The summed E-state index contributed by atoms with van der Waals surface area (Å²) in [4.78, 5) is 4.16. The summed E-state index contributed by atoms with van der Waals surface area (Å²) in [5.74, 6) is 1.04. The van der Waals surface area contributed by atoms with Crippen LogP contribution in [0.4, 0.5) is 0 Å². The predicted octanol–water partition coefficient (Wildman–Crippen LogP) is 2.01. The number of pyridine rings is 1. The van der Waals surface area contributed by atoms with Crippen molar-refractivity contribution in [1.29, 1.82) is 0 Å². The van der Waals surface area contributed by atoms with Crippen LogP contribution in [-0.4, -0.2) is 10.1 Å². The van der Waals surface area contributed by atoms with Crippen LogP contribution in [0.2, 0.25) is 0 Å². The van der Waals surface area contributed by atoms with Gasteiger partial charge >= 0.3 is 0 Å². The number of aliphatic hydroxyl groups is 1. The van der Waals surface area contributed by atoms with E-state index in [9.17, 15) is 5.11 Å². The SMILES string of the molecule is Cc1cncc(C2(O)C3CCCC32)c1. The smallest absolute Gasteiger partial charge is 0.0975 e. The molecule has 2 atom stereocenters. The van der Waals surface area contributed by atoms with E-state index in [0.29, 0.717) is 11.8 Å². The van der Waals surface area contributed by atoms with Crippen molar-refractivity contribution in [2.24, 2.45) is 11.8 Å². The molecule has 3 rings (SSSR count). The first kappa shape index (κ1) is 8.42. The van der Waals surface area contributed by atoms with Gasteiger partial charge in [-0.15, -0.1) is 0 Å². The summed E-state index contributed by atoms with van der Waals surface area (Å²) >= 11 is 0. The third-order valence-corrected chi connectivity index (χ3v) is 3.87. The Balaban J connectivity index is 1.97. The van der Waals surface area contributed by atoms with Crippen LogP contribution in [0.1, 0.15) is 30.4 Å². The largest absolute Gasteiger partial charge is 0.385 e. The van der Waals surface area contributed by atoms with E-state index < -0.39 is 5.60 Å². The van der Waals surface area contributed by atoms with Crippen LogP contribution in [0.25, 0.3) is 0 Å². The highest BCUT2D eigenvalue weighted by molar-refractivity contribution is 5.33. The predicted molar refractivity (Wildman–Crippen MR) is 53.7 cm³/mol. The molecule has 14 heavy (non-hydrogen) atoms. The van der Waals surface area contributed by atoms with Crippen molar-refractivity contribution in [2.75, 3.05) is 0 Å². The highest BCUT2D eigenvalue weighted by atomic mass is 16.3. The lowest BCUT2D eigenvalue weighted by atomic mass is 10.00. The van der Waals surface area contributed by atoms with E-state index in [2.05, 4.69) is 11.1 Å². The van der Waals surface area contributed by atoms with Gasteiger partial charge in [-0.1, -0.05) is 12.5 Å². The molecule has 2 aliphatic rings. The highest BCUT2D eigenvalue weighted by Crippen LogP contribution is 2.66. The highest BCUT2D eigenvalue weighted by Gasteiger charge is 2.66. The maximum Gasteiger partial charge on any atom is 0.0975 e. The van der Waals surface area contributed by atoms with E-state index in [1.807, 2.05) is 19.3 Å². The fourth-order valence-electron chi connectivity index (χ4n) is 3.12. The Morgan fingerprint density at radius 3 is 2.71 bits per heavy atom.